The second-order valence-corrected chi connectivity index (χ2v) is 3.70. The monoisotopic (exact) mass is 221 g/mol. The number of anilines is 1. The van der Waals surface area contributed by atoms with Gasteiger partial charge in [-0.2, -0.15) is 5.10 Å². The van der Waals surface area contributed by atoms with Crippen LogP contribution in [0.1, 0.15) is 6.92 Å². The lowest BCUT2D eigenvalue weighted by Crippen LogP contribution is -2.00. The molecule has 1 aromatic heterocycles. The van der Waals surface area contributed by atoms with Crippen LogP contribution in [0.4, 0.5) is 5.69 Å². The molecule has 4 heteroatoms. The van der Waals surface area contributed by atoms with Crippen molar-refractivity contribution >= 4 is 17.3 Å². The molecule has 1 heterocycles. The molecule has 0 fully saturated rings. The molecule has 2 aromatic rings. The third-order valence-corrected chi connectivity index (χ3v) is 2.54. The van der Waals surface area contributed by atoms with Gasteiger partial charge in [0.05, 0.1) is 5.69 Å². The van der Waals surface area contributed by atoms with Crippen molar-refractivity contribution in [3.63, 3.8) is 0 Å². The Kier molecular flexibility index (Phi) is 2.64. The van der Waals surface area contributed by atoms with Crippen molar-refractivity contribution in [2.24, 2.45) is 0 Å². The molecule has 0 bridgehead atoms. The predicted molar refractivity (Wildman–Crippen MR) is 62.8 cm³/mol. The summed E-state index contributed by atoms with van der Waals surface area (Å²) in [4.78, 5) is 0. The highest BCUT2D eigenvalue weighted by molar-refractivity contribution is 6.31. The summed E-state index contributed by atoms with van der Waals surface area (Å²) in [5, 5.41) is 4.88. The molecule has 0 unspecified atom stereocenters. The largest absolute Gasteiger partial charge is 0.398 e. The molecule has 15 heavy (non-hydrogen) atoms. The lowest BCUT2D eigenvalue weighted by molar-refractivity contribution is 0.667. The topological polar surface area (TPSA) is 43.8 Å². The summed E-state index contributed by atoms with van der Waals surface area (Å²) in [6, 6.07) is 7.39. The standard InChI is InChI=1S/C11H12ClN3/c1-2-15-11(5-6-14-15)9-7-8(12)3-4-10(9)13/h3-7H,2,13H2,1H3. The van der Waals surface area contributed by atoms with E-state index in [-0.39, 0.29) is 0 Å². The molecule has 0 saturated carbocycles. The molecule has 0 spiro atoms. The highest BCUT2D eigenvalue weighted by Crippen LogP contribution is 2.28. The van der Waals surface area contributed by atoms with Crippen LogP contribution >= 0.6 is 11.6 Å². The molecule has 0 saturated heterocycles. The van der Waals surface area contributed by atoms with E-state index >= 15 is 0 Å². The van der Waals surface area contributed by atoms with Crippen LogP contribution in [0.2, 0.25) is 5.02 Å². The minimum Gasteiger partial charge on any atom is -0.398 e. The first-order valence-corrected chi connectivity index (χ1v) is 5.17. The third-order valence-electron chi connectivity index (χ3n) is 2.31. The van der Waals surface area contributed by atoms with Gasteiger partial charge in [-0.15, -0.1) is 0 Å². The minimum absolute atomic E-state index is 0.683. The molecule has 0 aliphatic carbocycles. The first kappa shape index (κ1) is 10.1. The average molecular weight is 222 g/mol. The van der Waals surface area contributed by atoms with Gasteiger partial charge in [-0.05, 0) is 31.2 Å². The van der Waals surface area contributed by atoms with Crippen LogP contribution in [-0.4, -0.2) is 9.78 Å². The van der Waals surface area contributed by atoms with E-state index in [0.29, 0.717) is 5.02 Å². The second-order valence-electron chi connectivity index (χ2n) is 3.26. The number of rotatable bonds is 2. The highest BCUT2D eigenvalue weighted by Gasteiger charge is 2.07. The van der Waals surface area contributed by atoms with Crippen molar-refractivity contribution < 1.29 is 0 Å². The number of benzene rings is 1. The van der Waals surface area contributed by atoms with Crippen LogP contribution in [0.25, 0.3) is 11.3 Å². The van der Waals surface area contributed by atoms with E-state index in [9.17, 15) is 0 Å². The smallest absolute Gasteiger partial charge is 0.0703 e. The first-order valence-electron chi connectivity index (χ1n) is 4.79. The number of nitrogens with zero attached hydrogens (tertiary/aromatic N) is 2. The number of halogens is 1. The van der Waals surface area contributed by atoms with Gasteiger partial charge in [0, 0.05) is 29.0 Å². The van der Waals surface area contributed by atoms with Crippen LogP contribution < -0.4 is 5.73 Å². The first-order chi connectivity index (χ1) is 7.22. The van der Waals surface area contributed by atoms with Gasteiger partial charge in [-0.25, -0.2) is 0 Å². The van der Waals surface area contributed by atoms with Crippen LogP contribution in [0, 0.1) is 0 Å². The van der Waals surface area contributed by atoms with Gasteiger partial charge in [0.1, 0.15) is 0 Å². The molecular formula is C11H12ClN3. The van der Waals surface area contributed by atoms with E-state index in [0.717, 1.165) is 23.5 Å². The fourth-order valence-corrected chi connectivity index (χ4v) is 1.74. The zero-order chi connectivity index (χ0) is 10.8. The lowest BCUT2D eigenvalue weighted by atomic mass is 10.1. The molecule has 1 aromatic carbocycles. The molecule has 0 aliphatic heterocycles. The van der Waals surface area contributed by atoms with Gasteiger partial charge >= 0.3 is 0 Å². The molecule has 78 valence electrons. The Balaban J connectivity index is 2.58. The van der Waals surface area contributed by atoms with Crippen molar-refractivity contribution in [1.82, 2.24) is 9.78 Å². The van der Waals surface area contributed by atoms with Gasteiger partial charge < -0.3 is 5.73 Å². The number of hydrogen-bond donors (Lipinski definition) is 1. The van der Waals surface area contributed by atoms with Gasteiger partial charge in [0.15, 0.2) is 0 Å². The number of nitrogen functional groups attached to an aromatic ring is 1. The van der Waals surface area contributed by atoms with E-state index in [4.69, 9.17) is 17.3 Å². The number of aryl methyl sites for hydroxylation is 1. The van der Waals surface area contributed by atoms with Crippen molar-refractivity contribution in [2.45, 2.75) is 13.5 Å². The van der Waals surface area contributed by atoms with E-state index in [1.807, 2.05) is 29.8 Å². The molecule has 2 rings (SSSR count). The number of nitrogens with two attached hydrogens (primary N) is 1. The van der Waals surface area contributed by atoms with E-state index in [1.54, 1.807) is 12.3 Å². The van der Waals surface area contributed by atoms with Crippen LogP contribution in [0.5, 0.6) is 0 Å². The van der Waals surface area contributed by atoms with Gasteiger partial charge in [0.2, 0.25) is 0 Å². The minimum atomic E-state index is 0.683. The Morgan fingerprint density at radius 3 is 2.93 bits per heavy atom. The fraction of sp³-hybridized carbons (Fsp3) is 0.182. The van der Waals surface area contributed by atoms with E-state index < -0.39 is 0 Å². The summed E-state index contributed by atoms with van der Waals surface area (Å²) >= 11 is 5.94. The third kappa shape index (κ3) is 1.83. The van der Waals surface area contributed by atoms with Crippen LogP contribution in [0.15, 0.2) is 30.5 Å². The summed E-state index contributed by atoms with van der Waals surface area (Å²) in [5.74, 6) is 0. The zero-order valence-corrected chi connectivity index (χ0v) is 9.20. The Hall–Kier alpha value is -1.48. The average Bonchev–Trinajstić information content (AvgIpc) is 2.69. The van der Waals surface area contributed by atoms with Crippen LogP contribution in [0.3, 0.4) is 0 Å². The maximum Gasteiger partial charge on any atom is 0.0703 e. The quantitative estimate of drug-likeness (QED) is 0.793. The molecule has 2 N–H and O–H groups in total. The molecule has 0 amide bonds. The predicted octanol–water partition coefficient (Wildman–Crippen LogP) is 2.81. The Morgan fingerprint density at radius 2 is 2.20 bits per heavy atom. The summed E-state index contributed by atoms with van der Waals surface area (Å²) < 4.78 is 1.89. The van der Waals surface area contributed by atoms with Crippen molar-refractivity contribution in [3.05, 3.63) is 35.5 Å². The summed E-state index contributed by atoms with van der Waals surface area (Å²) in [6.07, 6.45) is 1.76. The fourth-order valence-electron chi connectivity index (χ4n) is 1.56. The van der Waals surface area contributed by atoms with Crippen molar-refractivity contribution in [2.75, 3.05) is 5.73 Å². The Labute approximate surface area is 93.5 Å². The Bertz CT molecular complexity index is 476. The Morgan fingerprint density at radius 1 is 1.40 bits per heavy atom. The van der Waals surface area contributed by atoms with E-state index in [1.165, 1.54) is 0 Å². The molecule has 0 aliphatic rings. The summed E-state index contributed by atoms with van der Waals surface area (Å²) in [6.45, 7) is 2.85. The van der Waals surface area contributed by atoms with E-state index in [2.05, 4.69) is 5.10 Å². The summed E-state index contributed by atoms with van der Waals surface area (Å²) in [7, 11) is 0. The maximum atomic E-state index is 5.94. The summed E-state index contributed by atoms with van der Waals surface area (Å²) in [5.41, 5.74) is 8.55. The molecular weight excluding hydrogens is 210 g/mol. The van der Waals surface area contributed by atoms with Gasteiger partial charge in [0.25, 0.3) is 0 Å². The van der Waals surface area contributed by atoms with Gasteiger partial charge in [-0.1, -0.05) is 11.6 Å². The van der Waals surface area contributed by atoms with Crippen LogP contribution in [-0.2, 0) is 6.54 Å². The molecule has 0 radical (unpaired) electrons. The number of aromatic nitrogens is 2. The van der Waals surface area contributed by atoms with Gasteiger partial charge in [-0.3, -0.25) is 4.68 Å². The van der Waals surface area contributed by atoms with Crippen molar-refractivity contribution in [1.29, 1.82) is 0 Å². The lowest BCUT2D eigenvalue weighted by Gasteiger charge is -2.08. The van der Waals surface area contributed by atoms with Crippen molar-refractivity contribution in [3.8, 4) is 11.3 Å². The maximum absolute atomic E-state index is 5.94. The normalized spacial score (nSPS) is 10.5. The molecule has 3 nitrogen and oxygen atoms in total. The zero-order valence-electron chi connectivity index (χ0n) is 8.44. The highest BCUT2D eigenvalue weighted by atomic mass is 35.5. The number of hydrogen-bond acceptors (Lipinski definition) is 2. The SMILES string of the molecule is CCn1nccc1-c1cc(Cl)ccc1N. The second kappa shape index (κ2) is 3.95. The molecule has 0 atom stereocenters.